The molecule has 0 aliphatic heterocycles. The lowest BCUT2D eigenvalue weighted by Gasteiger charge is -2.29. The highest BCUT2D eigenvalue weighted by atomic mass is 16.4. The molecule has 130 heavy (non-hydrogen) atoms. The van der Waals surface area contributed by atoms with Gasteiger partial charge in [-0.05, 0) is 105 Å². The number of aromatic amines is 1. The average Bonchev–Trinajstić information content (AvgIpc) is 1.16. The van der Waals surface area contributed by atoms with Gasteiger partial charge in [0, 0.05) is 45.0 Å². The Labute approximate surface area is 744 Å². The van der Waals surface area contributed by atoms with Crippen LogP contribution in [0.3, 0.4) is 0 Å². The van der Waals surface area contributed by atoms with E-state index in [1.807, 2.05) is 0 Å². The van der Waals surface area contributed by atoms with Crippen LogP contribution in [0.1, 0.15) is 107 Å². The predicted molar refractivity (Wildman–Crippen MR) is 458 cm³/mol. The Kier molecular flexibility index (Phi) is 46.6. The largest absolute Gasteiger partial charge is 0.508 e. The SMILES string of the molecule is CC[C@H](C)[C@H](NC(=O)CNC(=O)[C@H](CC(=O)O)NC(=O)[C@H](CO)NC(=O)[C@@H](N)Cc1c[nH]cn1)C(=O)N[C@@H](Cc1ccccc1)C(=O)N[C@H](C(=O)N[C@@H](CC(=O)O)C(=O)N[C@@H](CO)C(=O)N[C@@H](Cc1ccc(O)cc1)C(=O)N[C@@H](CO)C(=O)N[C@@H](CCCNC(=N)N)C(=O)N[C@@H](Cc1ccc(O)cc1)C(=O)N[C@@H](CCCNC(=N)N)C(=O)N[C@@H](CCCCN)C(=O)O)[C@@H](C)O. The van der Waals surface area contributed by atoms with E-state index in [2.05, 4.69) is 95.0 Å². The van der Waals surface area contributed by atoms with E-state index >= 15 is 0 Å². The lowest BCUT2D eigenvalue weighted by atomic mass is 9.97. The van der Waals surface area contributed by atoms with Crippen molar-refractivity contribution >= 4 is 113 Å². The number of aliphatic hydroxyl groups excluding tert-OH is 4. The molecule has 1 heterocycles. The van der Waals surface area contributed by atoms with Crippen molar-refractivity contribution < 1.29 is 127 Å². The quantitative estimate of drug-likeness (QED) is 0.0111. The molecule has 4 aromatic rings. The molecule has 0 saturated heterocycles. The van der Waals surface area contributed by atoms with E-state index in [-0.39, 0.29) is 94.5 Å². The van der Waals surface area contributed by atoms with Crippen LogP contribution in [0.2, 0.25) is 0 Å². The zero-order chi connectivity index (χ0) is 96.9. The maximum absolute atomic E-state index is 14.7. The summed E-state index contributed by atoms with van der Waals surface area (Å²) < 4.78 is 0. The molecule has 1 aromatic heterocycles. The van der Waals surface area contributed by atoms with Gasteiger partial charge in [-0.3, -0.25) is 87.5 Å². The van der Waals surface area contributed by atoms with E-state index < -0.39 is 255 Å². The minimum atomic E-state index is -2.25. The zero-order valence-electron chi connectivity index (χ0n) is 71.5. The van der Waals surface area contributed by atoms with Gasteiger partial charge in [0.25, 0.3) is 0 Å². The van der Waals surface area contributed by atoms with Gasteiger partial charge in [0.05, 0.1) is 63.4 Å². The number of nitrogens with zero attached hydrogens (tertiary/aromatic N) is 1. The zero-order valence-corrected chi connectivity index (χ0v) is 71.5. The van der Waals surface area contributed by atoms with Gasteiger partial charge in [0.1, 0.15) is 90.0 Å². The fourth-order valence-electron chi connectivity index (χ4n) is 12.5. The molecule has 3 aromatic carbocycles. The Morgan fingerprint density at radius 2 is 0.777 bits per heavy atom. The summed E-state index contributed by atoms with van der Waals surface area (Å²) in [6, 6.07) is -6.97. The summed E-state index contributed by atoms with van der Waals surface area (Å²) in [5.41, 5.74) is 23.7. The van der Waals surface area contributed by atoms with E-state index in [0.29, 0.717) is 29.7 Å². The second-order valence-corrected chi connectivity index (χ2v) is 30.2. The van der Waals surface area contributed by atoms with Crippen molar-refractivity contribution in [3.8, 4) is 11.5 Å². The van der Waals surface area contributed by atoms with Crippen LogP contribution in [0, 0.1) is 16.7 Å². The topological polar surface area (TPSA) is 845 Å². The number of nitrogens with one attached hydrogen (secondary N) is 19. The van der Waals surface area contributed by atoms with Crippen LogP contribution in [-0.4, -0.2) is 305 Å². The molecular weight excluding hydrogens is 1710 g/mol. The minimum Gasteiger partial charge on any atom is -0.508 e. The number of hydrogen-bond donors (Lipinski definition) is 32. The first-order valence-corrected chi connectivity index (χ1v) is 41.2. The van der Waals surface area contributed by atoms with E-state index in [1.165, 1.54) is 80.1 Å². The molecule has 0 aliphatic carbocycles. The van der Waals surface area contributed by atoms with Crippen molar-refractivity contribution in [1.29, 1.82) is 10.8 Å². The van der Waals surface area contributed by atoms with Crippen molar-refractivity contribution in [1.82, 2.24) is 95.0 Å². The van der Waals surface area contributed by atoms with Crippen LogP contribution in [0.4, 0.5) is 0 Å². The highest BCUT2D eigenvalue weighted by Gasteiger charge is 2.40. The molecule has 0 fully saturated rings. The second-order valence-electron chi connectivity index (χ2n) is 30.2. The number of carbonyl (C=O) groups excluding carboxylic acids is 14. The number of carbonyl (C=O) groups is 17. The number of rotatable bonds is 59. The third-order valence-electron chi connectivity index (χ3n) is 19.8. The first-order valence-electron chi connectivity index (χ1n) is 41.2. The second kappa shape index (κ2) is 56.1. The van der Waals surface area contributed by atoms with Crippen LogP contribution >= 0.6 is 0 Å². The number of aromatic hydroxyl groups is 2. The molecule has 0 radical (unpaired) electrons. The highest BCUT2D eigenvalue weighted by molar-refractivity contribution is 6.01. The summed E-state index contributed by atoms with van der Waals surface area (Å²) in [6.45, 7) is -0.362. The van der Waals surface area contributed by atoms with Gasteiger partial charge in [-0.15, -0.1) is 0 Å². The number of H-pyrrole nitrogens is 1. The number of amides is 14. The van der Waals surface area contributed by atoms with Crippen molar-refractivity contribution in [3.05, 3.63) is 114 Å². The van der Waals surface area contributed by atoms with Crippen LogP contribution in [0.25, 0.3) is 0 Å². The smallest absolute Gasteiger partial charge is 0.326 e. The number of phenolic OH excluding ortho intramolecular Hbond substituents is 2. The van der Waals surface area contributed by atoms with Crippen LogP contribution in [0.15, 0.2) is 91.4 Å². The Morgan fingerprint density at radius 3 is 1.18 bits per heavy atom. The first kappa shape index (κ1) is 108. The lowest BCUT2D eigenvalue weighted by molar-refractivity contribution is -0.143. The van der Waals surface area contributed by atoms with Crippen LogP contribution in [0.5, 0.6) is 11.5 Å². The third kappa shape index (κ3) is 38.9. The average molecular weight is 1830 g/mol. The summed E-state index contributed by atoms with van der Waals surface area (Å²) in [6.07, 6.45) is -2.66. The monoisotopic (exact) mass is 1830 g/mol. The van der Waals surface area contributed by atoms with Crippen LogP contribution in [-0.2, 0) is 107 Å². The van der Waals surface area contributed by atoms with E-state index in [4.69, 9.17) is 33.8 Å². The number of hydrogen-bond acceptors (Lipinski definition) is 28. The number of aliphatic hydroxyl groups is 4. The molecule has 4 rings (SSSR count). The minimum absolute atomic E-state index is 0.00903. The summed E-state index contributed by atoms with van der Waals surface area (Å²) in [5.74, 6) is -23.8. The van der Waals surface area contributed by atoms with Crippen molar-refractivity contribution in [2.24, 2.45) is 28.9 Å². The number of unbranched alkanes of at least 4 members (excludes halogenated alkanes) is 1. The molecule has 50 nitrogen and oxygen atoms in total. The van der Waals surface area contributed by atoms with Crippen molar-refractivity contribution in [2.45, 2.75) is 201 Å². The Bertz CT molecular complexity index is 4480. The summed E-state index contributed by atoms with van der Waals surface area (Å²) >= 11 is 0. The van der Waals surface area contributed by atoms with E-state index in [9.17, 15) is 127 Å². The van der Waals surface area contributed by atoms with Gasteiger partial charge in [0.2, 0.25) is 82.7 Å². The Hall–Kier alpha value is -14.2. The number of imidazole rings is 1. The van der Waals surface area contributed by atoms with Gasteiger partial charge in [0.15, 0.2) is 11.9 Å². The maximum atomic E-state index is 14.7. The molecule has 714 valence electrons. The van der Waals surface area contributed by atoms with Gasteiger partial charge >= 0.3 is 17.9 Å². The molecular formula is C80H118N24O26. The normalized spacial score (nSPS) is 14.7. The fraction of sp³-hybridized carbons (Fsp3) is 0.500. The molecule has 50 heteroatoms. The van der Waals surface area contributed by atoms with E-state index in [0.717, 1.165) is 6.92 Å². The number of carboxylic acid groups (broad SMARTS) is 3. The molecule has 36 N–H and O–H groups in total. The predicted octanol–water partition coefficient (Wildman–Crippen LogP) is -10.1. The summed E-state index contributed by atoms with van der Waals surface area (Å²) in [7, 11) is 0. The van der Waals surface area contributed by atoms with Gasteiger partial charge < -0.3 is 159 Å². The molecule has 0 spiro atoms. The molecule has 0 aliphatic rings. The summed E-state index contributed by atoms with van der Waals surface area (Å²) in [5, 5.41) is 145. The number of nitrogens with two attached hydrogens (primary N) is 4. The first-order chi connectivity index (χ1) is 61.6. The van der Waals surface area contributed by atoms with Crippen molar-refractivity contribution in [2.75, 3.05) is 46.0 Å². The molecule has 0 unspecified atom stereocenters. The molecule has 16 atom stereocenters. The molecule has 0 bridgehead atoms. The van der Waals surface area contributed by atoms with Gasteiger partial charge in [-0.2, -0.15) is 0 Å². The fourth-order valence-corrected chi connectivity index (χ4v) is 12.5. The third-order valence-corrected chi connectivity index (χ3v) is 19.8. The van der Waals surface area contributed by atoms with Crippen LogP contribution < -0.4 is 108 Å². The number of carboxylic acids is 3. The lowest BCUT2D eigenvalue weighted by Crippen LogP contribution is -2.63. The number of benzene rings is 3. The maximum Gasteiger partial charge on any atom is 0.326 e. The molecule has 14 amide bonds. The Morgan fingerprint density at radius 1 is 0.415 bits per heavy atom. The number of phenols is 2. The van der Waals surface area contributed by atoms with Gasteiger partial charge in [-0.1, -0.05) is 74.9 Å². The summed E-state index contributed by atoms with van der Waals surface area (Å²) in [4.78, 5) is 240. The number of guanidine groups is 2. The number of aliphatic carboxylic acids is 3. The van der Waals surface area contributed by atoms with E-state index in [1.54, 1.807) is 25.1 Å². The number of aromatic nitrogens is 2. The standard InChI is InChI=1S/C80H118N24O26/c1-4-40(2)63(103-60(111)35-90-66(117)55(32-61(112)113)97-74(125)57(36-105)100-65(116)48(82)31-45-34-87-39-91-45)76(127)98-54(28-42-12-6-5-7-13-42)72(123)104-64(41(3)108)77(128)99-56(33-62(114)115)71(122)102-59(38-107)75(126)96-53(30-44-19-23-47(110)24-20-44)70(121)101-58(37-106)73(124)93-50(16-11-27-89-80(85)86)68(119)95-52(29-43-17-21-46(109)22-18-43)69(120)92-49(15-10-26-88-79(83)84)67(118)94-51(78(129)130)14-8-9-25-81/h5-7,12-13,17-24,34,39-41,48-59,63-64,105-110H,4,8-11,14-16,25-33,35-38,81-82H2,1-3H3,(H,87,91)(H,90,117)(H,92,120)(H,93,124)(H,94,118)(H,95,119)(H,96,126)(H,97,125)(H,98,127)(H,99,128)(H,100,116)(H,101,121)(H,102,122)(H,103,111)(H,104,123)(H,112,113)(H,114,115)(H,129,130)(H4,83,84,88)(H4,85,86,89)/t40-,41+,48-,49-,50-,51-,52-,53-,54-,55-,56-,57-,58-,59-,63-,64-/m0/s1. The molecule has 0 saturated carbocycles. The Balaban J connectivity index is 1.58. The highest BCUT2D eigenvalue weighted by Crippen LogP contribution is 2.17. The van der Waals surface area contributed by atoms with Gasteiger partial charge in [-0.25, -0.2) is 9.78 Å². The van der Waals surface area contributed by atoms with Crippen molar-refractivity contribution in [3.63, 3.8) is 0 Å².